The summed E-state index contributed by atoms with van der Waals surface area (Å²) in [5.41, 5.74) is 0.871. The Labute approximate surface area is 119 Å². The third kappa shape index (κ3) is 2.16. The lowest BCUT2D eigenvalue weighted by atomic mass is 10.2. The zero-order chi connectivity index (χ0) is 14.4. The molecule has 0 atom stereocenters. The number of nitro groups is 1. The highest BCUT2D eigenvalue weighted by molar-refractivity contribution is 5.82. The van der Waals surface area contributed by atoms with Crippen molar-refractivity contribution >= 4 is 16.6 Å². The topological polar surface area (TPSA) is 87.0 Å². The highest BCUT2D eigenvalue weighted by Gasteiger charge is 2.29. The summed E-state index contributed by atoms with van der Waals surface area (Å²) in [5.74, 6) is 1.72. The normalized spacial score (nSPS) is 14.7. The molecule has 0 unspecified atom stereocenters. The first-order valence-electron chi connectivity index (χ1n) is 6.76. The molecule has 2 heterocycles. The number of benzene rings is 1. The van der Waals surface area contributed by atoms with Gasteiger partial charge in [0, 0.05) is 29.6 Å². The number of rotatable bonds is 4. The van der Waals surface area contributed by atoms with Gasteiger partial charge >= 0.3 is 0 Å². The lowest BCUT2D eigenvalue weighted by Crippen LogP contribution is -2.00. The van der Waals surface area contributed by atoms with Crippen LogP contribution in [0.4, 0.5) is 5.69 Å². The molecule has 1 aromatic carbocycles. The van der Waals surface area contributed by atoms with Gasteiger partial charge in [-0.05, 0) is 25.0 Å². The van der Waals surface area contributed by atoms with Crippen molar-refractivity contribution in [2.45, 2.75) is 25.3 Å². The van der Waals surface area contributed by atoms with Gasteiger partial charge < -0.3 is 9.09 Å². The van der Waals surface area contributed by atoms with Crippen LogP contribution in [-0.4, -0.2) is 19.6 Å². The van der Waals surface area contributed by atoms with E-state index < -0.39 is 4.92 Å². The first-order valence-corrected chi connectivity index (χ1v) is 6.76. The SMILES string of the molecule is O=[N+]([O-])c1ccc2ccn(Cc3noc(C4CC4)n3)c2c1. The molecule has 0 aliphatic heterocycles. The maximum Gasteiger partial charge on any atom is 0.271 e. The quantitative estimate of drug-likeness (QED) is 0.543. The van der Waals surface area contributed by atoms with Gasteiger partial charge in [-0.25, -0.2) is 0 Å². The number of nitrogens with zero attached hydrogens (tertiary/aromatic N) is 4. The molecule has 106 valence electrons. The summed E-state index contributed by atoms with van der Waals surface area (Å²) in [7, 11) is 0. The van der Waals surface area contributed by atoms with Crippen molar-refractivity contribution in [3.63, 3.8) is 0 Å². The predicted octanol–water partition coefficient (Wildman–Crippen LogP) is 2.86. The Balaban J connectivity index is 1.68. The third-order valence-corrected chi connectivity index (χ3v) is 3.69. The summed E-state index contributed by atoms with van der Waals surface area (Å²) in [4.78, 5) is 14.9. The van der Waals surface area contributed by atoms with E-state index in [0.29, 0.717) is 24.2 Å². The Morgan fingerprint density at radius 1 is 1.38 bits per heavy atom. The monoisotopic (exact) mass is 284 g/mol. The van der Waals surface area contributed by atoms with Gasteiger partial charge in [-0.15, -0.1) is 0 Å². The van der Waals surface area contributed by atoms with Crippen molar-refractivity contribution < 1.29 is 9.45 Å². The molecule has 1 fully saturated rings. The lowest BCUT2D eigenvalue weighted by Gasteiger charge is -2.01. The van der Waals surface area contributed by atoms with Crippen LogP contribution in [-0.2, 0) is 6.54 Å². The summed E-state index contributed by atoms with van der Waals surface area (Å²) < 4.78 is 7.12. The Morgan fingerprint density at radius 2 is 2.24 bits per heavy atom. The van der Waals surface area contributed by atoms with Crippen LogP contribution in [0.3, 0.4) is 0 Å². The molecular formula is C14H12N4O3. The smallest absolute Gasteiger partial charge is 0.271 e. The van der Waals surface area contributed by atoms with E-state index in [1.54, 1.807) is 12.1 Å². The van der Waals surface area contributed by atoms with Gasteiger partial charge in [0.05, 0.1) is 17.0 Å². The maximum atomic E-state index is 10.9. The summed E-state index contributed by atoms with van der Waals surface area (Å²) >= 11 is 0. The van der Waals surface area contributed by atoms with Crippen molar-refractivity contribution in [1.82, 2.24) is 14.7 Å². The molecular weight excluding hydrogens is 272 g/mol. The molecule has 0 bridgehead atoms. The molecule has 0 amide bonds. The van der Waals surface area contributed by atoms with Crippen LogP contribution in [0.5, 0.6) is 0 Å². The van der Waals surface area contributed by atoms with Crippen LogP contribution in [0.15, 0.2) is 35.0 Å². The van der Waals surface area contributed by atoms with E-state index in [2.05, 4.69) is 10.1 Å². The largest absolute Gasteiger partial charge is 0.339 e. The highest BCUT2D eigenvalue weighted by atomic mass is 16.6. The fourth-order valence-electron chi connectivity index (χ4n) is 2.40. The van der Waals surface area contributed by atoms with Gasteiger partial charge in [0.25, 0.3) is 5.69 Å². The zero-order valence-electron chi connectivity index (χ0n) is 11.1. The third-order valence-electron chi connectivity index (χ3n) is 3.69. The first kappa shape index (κ1) is 12.1. The molecule has 0 N–H and O–H groups in total. The van der Waals surface area contributed by atoms with E-state index in [9.17, 15) is 10.1 Å². The summed E-state index contributed by atoms with van der Waals surface area (Å²) in [6.45, 7) is 0.445. The molecule has 3 aromatic rings. The van der Waals surface area contributed by atoms with Crippen molar-refractivity contribution in [3.05, 3.63) is 52.3 Å². The number of non-ortho nitro benzene ring substituents is 1. The van der Waals surface area contributed by atoms with E-state index in [-0.39, 0.29) is 5.69 Å². The molecule has 1 aliphatic rings. The van der Waals surface area contributed by atoms with E-state index in [0.717, 1.165) is 23.7 Å². The fraction of sp³-hybridized carbons (Fsp3) is 0.286. The second-order valence-corrected chi connectivity index (χ2v) is 5.27. The number of fused-ring (bicyclic) bond motifs is 1. The van der Waals surface area contributed by atoms with Crippen molar-refractivity contribution in [3.8, 4) is 0 Å². The van der Waals surface area contributed by atoms with Gasteiger partial charge in [0.1, 0.15) is 0 Å². The maximum absolute atomic E-state index is 10.9. The molecule has 21 heavy (non-hydrogen) atoms. The lowest BCUT2D eigenvalue weighted by molar-refractivity contribution is -0.384. The second-order valence-electron chi connectivity index (χ2n) is 5.27. The summed E-state index contributed by atoms with van der Waals surface area (Å²) in [6, 6.07) is 6.74. The molecule has 0 spiro atoms. The van der Waals surface area contributed by atoms with E-state index in [4.69, 9.17) is 4.52 Å². The van der Waals surface area contributed by atoms with E-state index in [1.165, 1.54) is 6.07 Å². The van der Waals surface area contributed by atoms with Crippen LogP contribution in [0.1, 0.15) is 30.5 Å². The Bertz CT molecular complexity index is 832. The van der Waals surface area contributed by atoms with Crippen LogP contribution in [0, 0.1) is 10.1 Å². The van der Waals surface area contributed by atoms with Gasteiger partial charge in [-0.1, -0.05) is 5.16 Å². The molecule has 0 saturated heterocycles. The first-order chi connectivity index (χ1) is 10.2. The van der Waals surface area contributed by atoms with Crippen LogP contribution in [0.25, 0.3) is 10.9 Å². The zero-order valence-corrected chi connectivity index (χ0v) is 11.1. The van der Waals surface area contributed by atoms with E-state index >= 15 is 0 Å². The van der Waals surface area contributed by atoms with Crippen molar-refractivity contribution in [2.24, 2.45) is 0 Å². The molecule has 7 heteroatoms. The van der Waals surface area contributed by atoms with Crippen LogP contribution >= 0.6 is 0 Å². The molecule has 1 aliphatic carbocycles. The Hall–Kier alpha value is -2.70. The second kappa shape index (κ2) is 4.41. The van der Waals surface area contributed by atoms with Crippen LogP contribution in [0.2, 0.25) is 0 Å². The Kier molecular flexibility index (Phi) is 2.53. The molecule has 1 saturated carbocycles. The standard InChI is InChI=1S/C14H12N4O3/c19-18(20)11-4-3-9-5-6-17(12(9)7-11)8-13-15-14(21-16-13)10-1-2-10/h3-7,10H,1-2,8H2. The van der Waals surface area contributed by atoms with Gasteiger partial charge in [0.15, 0.2) is 5.82 Å². The predicted molar refractivity (Wildman–Crippen MR) is 74.0 cm³/mol. The minimum Gasteiger partial charge on any atom is -0.339 e. The molecule has 7 nitrogen and oxygen atoms in total. The number of nitro benzene ring substituents is 1. The number of hydrogen-bond donors (Lipinski definition) is 0. The van der Waals surface area contributed by atoms with Crippen molar-refractivity contribution in [2.75, 3.05) is 0 Å². The van der Waals surface area contributed by atoms with Gasteiger partial charge in [-0.2, -0.15) is 4.98 Å². The Morgan fingerprint density at radius 3 is 3.00 bits per heavy atom. The van der Waals surface area contributed by atoms with Crippen LogP contribution < -0.4 is 0 Å². The summed E-state index contributed by atoms with van der Waals surface area (Å²) in [6.07, 6.45) is 4.10. The minimum atomic E-state index is -0.393. The minimum absolute atomic E-state index is 0.0780. The van der Waals surface area contributed by atoms with E-state index in [1.807, 2.05) is 16.8 Å². The average Bonchev–Trinajstić information content (AvgIpc) is 3.10. The molecule has 0 radical (unpaired) electrons. The number of hydrogen-bond acceptors (Lipinski definition) is 5. The highest BCUT2D eigenvalue weighted by Crippen LogP contribution is 2.38. The molecule has 2 aromatic heterocycles. The fourth-order valence-corrected chi connectivity index (χ4v) is 2.40. The van der Waals surface area contributed by atoms with Crippen molar-refractivity contribution in [1.29, 1.82) is 0 Å². The molecule has 4 rings (SSSR count). The van der Waals surface area contributed by atoms with Gasteiger partial charge in [0.2, 0.25) is 5.89 Å². The average molecular weight is 284 g/mol. The summed E-state index contributed by atoms with van der Waals surface area (Å²) in [5, 5.41) is 15.8. The van der Waals surface area contributed by atoms with Gasteiger partial charge in [-0.3, -0.25) is 10.1 Å². The number of aromatic nitrogens is 3.